The quantitative estimate of drug-likeness (QED) is 0.723. The number of para-hydroxylation sites is 3. The molecule has 2 aromatic carbocycles. The summed E-state index contributed by atoms with van der Waals surface area (Å²) in [6.45, 7) is 0. The molecule has 0 amide bonds. The van der Waals surface area contributed by atoms with Gasteiger partial charge in [-0.05, 0) is 24.3 Å². The number of anilines is 1. The highest BCUT2D eigenvalue weighted by Gasteiger charge is 2.08. The molecule has 5 heteroatoms. The Bertz CT molecular complexity index is 725. The fourth-order valence-electron chi connectivity index (χ4n) is 1.73. The normalized spacial score (nSPS) is 10.6. The maximum Gasteiger partial charge on any atom is 0.238 e. The molecular weight excluding hydrogens is 262 g/mol. The van der Waals surface area contributed by atoms with Crippen LogP contribution in [0.25, 0.3) is 11.0 Å². The minimum absolute atomic E-state index is 0.360. The third kappa shape index (κ3) is 2.30. The van der Waals surface area contributed by atoms with Gasteiger partial charge >= 0.3 is 0 Å². The van der Waals surface area contributed by atoms with Crippen LogP contribution in [0.3, 0.4) is 0 Å². The van der Waals surface area contributed by atoms with E-state index < -0.39 is 0 Å². The number of nitrogens with zero attached hydrogens (tertiary/aromatic N) is 2. The summed E-state index contributed by atoms with van der Waals surface area (Å²) in [5, 5.41) is 0.440. The van der Waals surface area contributed by atoms with Crippen LogP contribution in [0.1, 0.15) is 0 Å². The summed E-state index contributed by atoms with van der Waals surface area (Å²) in [5.41, 5.74) is 7.85. The summed E-state index contributed by atoms with van der Waals surface area (Å²) in [6.07, 6.45) is 1.55. The van der Waals surface area contributed by atoms with Crippen molar-refractivity contribution in [1.82, 2.24) is 9.97 Å². The van der Waals surface area contributed by atoms with Crippen LogP contribution in [-0.2, 0) is 0 Å². The molecule has 0 saturated carbocycles. The third-order valence-electron chi connectivity index (χ3n) is 2.63. The van der Waals surface area contributed by atoms with E-state index in [1.807, 2.05) is 24.3 Å². The van der Waals surface area contributed by atoms with E-state index in [1.54, 1.807) is 24.4 Å². The van der Waals surface area contributed by atoms with Gasteiger partial charge in [-0.2, -0.15) is 0 Å². The van der Waals surface area contributed by atoms with Crippen molar-refractivity contribution in [3.8, 4) is 11.6 Å². The molecule has 3 rings (SSSR count). The molecule has 0 radical (unpaired) electrons. The molecule has 19 heavy (non-hydrogen) atoms. The van der Waals surface area contributed by atoms with E-state index in [0.29, 0.717) is 22.3 Å². The lowest BCUT2D eigenvalue weighted by molar-refractivity contribution is 0.465. The Morgan fingerprint density at radius 1 is 1.00 bits per heavy atom. The van der Waals surface area contributed by atoms with Gasteiger partial charge in [0.15, 0.2) is 5.75 Å². The summed E-state index contributed by atoms with van der Waals surface area (Å²) in [4.78, 5) is 8.62. The fraction of sp³-hybridized carbons (Fsp3) is 0. The molecule has 1 aromatic heterocycles. The van der Waals surface area contributed by atoms with E-state index >= 15 is 0 Å². The Morgan fingerprint density at radius 3 is 2.58 bits per heavy atom. The van der Waals surface area contributed by atoms with Gasteiger partial charge in [-0.1, -0.05) is 29.8 Å². The number of nitrogen functional groups attached to an aromatic ring is 1. The maximum absolute atomic E-state index is 6.04. The van der Waals surface area contributed by atoms with Gasteiger partial charge in [0.05, 0.1) is 27.9 Å². The van der Waals surface area contributed by atoms with E-state index in [9.17, 15) is 0 Å². The predicted molar refractivity (Wildman–Crippen MR) is 75.5 cm³/mol. The number of fused-ring (bicyclic) bond motifs is 1. The zero-order chi connectivity index (χ0) is 13.2. The number of benzene rings is 2. The van der Waals surface area contributed by atoms with E-state index in [2.05, 4.69) is 9.97 Å². The largest absolute Gasteiger partial charge is 0.434 e. The molecule has 1 heterocycles. The van der Waals surface area contributed by atoms with Gasteiger partial charge in [0.1, 0.15) is 0 Å². The standard InChI is InChI=1S/C14H10ClN3O/c15-9-4-3-5-10(16)14(9)19-13-8-17-11-6-1-2-7-12(11)18-13/h1-8H,16H2. The summed E-state index contributed by atoms with van der Waals surface area (Å²) in [7, 11) is 0. The number of ether oxygens (including phenoxy) is 1. The van der Waals surface area contributed by atoms with Gasteiger partial charge in [-0.3, -0.25) is 0 Å². The van der Waals surface area contributed by atoms with Crippen molar-refractivity contribution in [2.24, 2.45) is 0 Å². The summed E-state index contributed by atoms with van der Waals surface area (Å²) < 4.78 is 5.62. The molecule has 0 unspecified atom stereocenters. The molecule has 0 aliphatic carbocycles. The topological polar surface area (TPSA) is 61.0 Å². The van der Waals surface area contributed by atoms with Gasteiger partial charge in [0.2, 0.25) is 5.88 Å². The summed E-state index contributed by atoms with van der Waals surface area (Å²) in [5.74, 6) is 0.757. The Hall–Kier alpha value is -2.33. The molecule has 0 fully saturated rings. The first-order chi connectivity index (χ1) is 9.24. The second-order valence-electron chi connectivity index (χ2n) is 3.96. The highest BCUT2D eigenvalue weighted by atomic mass is 35.5. The molecular formula is C14H10ClN3O. The maximum atomic E-state index is 6.04. The molecule has 0 aliphatic heterocycles. The van der Waals surface area contributed by atoms with Gasteiger partial charge in [0, 0.05) is 0 Å². The highest BCUT2D eigenvalue weighted by Crippen LogP contribution is 2.33. The van der Waals surface area contributed by atoms with Gasteiger partial charge in [0.25, 0.3) is 0 Å². The van der Waals surface area contributed by atoms with Crippen LogP contribution >= 0.6 is 11.6 Å². The third-order valence-corrected chi connectivity index (χ3v) is 2.93. The molecule has 0 saturated heterocycles. The second kappa shape index (κ2) is 4.74. The molecule has 0 aliphatic rings. The van der Waals surface area contributed by atoms with Crippen molar-refractivity contribution >= 4 is 28.3 Å². The van der Waals surface area contributed by atoms with Crippen LogP contribution in [0, 0.1) is 0 Å². The molecule has 0 bridgehead atoms. The van der Waals surface area contributed by atoms with Crippen molar-refractivity contribution in [2.75, 3.05) is 5.73 Å². The molecule has 3 aromatic rings. The van der Waals surface area contributed by atoms with Crippen molar-refractivity contribution in [3.63, 3.8) is 0 Å². The minimum Gasteiger partial charge on any atom is -0.434 e. The summed E-state index contributed by atoms with van der Waals surface area (Å²) in [6, 6.07) is 12.7. The van der Waals surface area contributed by atoms with Crippen molar-refractivity contribution < 1.29 is 4.74 Å². The number of aromatic nitrogens is 2. The number of rotatable bonds is 2. The van der Waals surface area contributed by atoms with Crippen LogP contribution in [0.5, 0.6) is 11.6 Å². The lowest BCUT2D eigenvalue weighted by atomic mass is 10.3. The Kier molecular flexibility index (Phi) is 2.93. The zero-order valence-corrected chi connectivity index (χ0v) is 10.6. The Labute approximate surface area is 114 Å². The first-order valence-electron chi connectivity index (χ1n) is 5.67. The number of hydrogen-bond donors (Lipinski definition) is 1. The van der Waals surface area contributed by atoms with Crippen molar-refractivity contribution in [2.45, 2.75) is 0 Å². The van der Waals surface area contributed by atoms with Crippen LogP contribution in [0.15, 0.2) is 48.7 Å². The molecule has 4 nitrogen and oxygen atoms in total. The molecule has 2 N–H and O–H groups in total. The minimum atomic E-state index is 0.360. The van der Waals surface area contributed by atoms with E-state index in [0.717, 1.165) is 11.0 Å². The van der Waals surface area contributed by atoms with Crippen LogP contribution in [-0.4, -0.2) is 9.97 Å². The Balaban J connectivity index is 2.01. The van der Waals surface area contributed by atoms with Crippen molar-refractivity contribution in [3.05, 3.63) is 53.7 Å². The first-order valence-corrected chi connectivity index (χ1v) is 6.05. The van der Waals surface area contributed by atoms with Gasteiger partial charge < -0.3 is 10.5 Å². The number of hydrogen-bond acceptors (Lipinski definition) is 4. The fourth-order valence-corrected chi connectivity index (χ4v) is 1.95. The first kappa shape index (κ1) is 11.7. The molecule has 0 atom stereocenters. The van der Waals surface area contributed by atoms with E-state index in [1.165, 1.54) is 0 Å². The SMILES string of the molecule is Nc1cccc(Cl)c1Oc1cnc2ccccc2n1. The average molecular weight is 272 g/mol. The molecule has 0 spiro atoms. The lowest BCUT2D eigenvalue weighted by Crippen LogP contribution is -1.95. The highest BCUT2D eigenvalue weighted by molar-refractivity contribution is 6.32. The van der Waals surface area contributed by atoms with E-state index in [-0.39, 0.29) is 0 Å². The number of nitrogens with two attached hydrogens (primary N) is 1. The van der Waals surface area contributed by atoms with Crippen LogP contribution in [0.4, 0.5) is 5.69 Å². The van der Waals surface area contributed by atoms with Gasteiger partial charge in [-0.15, -0.1) is 0 Å². The zero-order valence-electron chi connectivity index (χ0n) is 9.88. The Morgan fingerprint density at radius 2 is 1.79 bits per heavy atom. The smallest absolute Gasteiger partial charge is 0.238 e. The van der Waals surface area contributed by atoms with Crippen LogP contribution in [0.2, 0.25) is 5.02 Å². The van der Waals surface area contributed by atoms with Gasteiger partial charge in [-0.25, -0.2) is 9.97 Å². The lowest BCUT2D eigenvalue weighted by Gasteiger charge is -2.09. The summed E-state index contributed by atoms with van der Waals surface area (Å²) >= 11 is 6.04. The van der Waals surface area contributed by atoms with Crippen LogP contribution < -0.4 is 10.5 Å². The monoisotopic (exact) mass is 271 g/mol. The second-order valence-corrected chi connectivity index (χ2v) is 4.36. The average Bonchev–Trinajstić information content (AvgIpc) is 2.43. The van der Waals surface area contributed by atoms with E-state index in [4.69, 9.17) is 22.1 Å². The number of halogens is 1. The van der Waals surface area contributed by atoms with Crippen molar-refractivity contribution in [1.29, 1.82) is 0 Å². The molecule has 94 valence electrons. The predicted octanol–water partition coefficient (Wildman–Crippen LogP) is 3.66.